The number of rotatable bonds is 3. The minimum Gasteiger partial charge on any atom is -0.465 e. The highest BCUT2D eigenvalue weighted by Crippen LogP contribution is 2.19. The lowest BCUT2D eigenvalue weighted by Gasteiger charge is -2.28. The second-order valence-electron chi connectivity index (χ2n) is 4.62. The van der Waals surface area contributed by atoms with Gasteiger partial charge in [-0.2, -0.15) is 0 Å². The molecule has 2 rings (SSSR count). The van der Waals surface area contributed by atoms with Crippen LogP contribution in [-0.2, 0) is 9.47 Å². The first-order valence-corrected chi connectivity index (χ1v) is 6.25. The third kappa shape index (κ3) is 3.23. The van der Waals surface area contributed by atoms with Gasteiger partial charge < -0.3 is 14.8 Å². The molecule has 0 spiro atoms. The molecule has 1 saturated heterocycles. The lowest BCUT2D eigenvalue weighted by Crippen LogP contribution is -2.32. The summed E-state index contributed by atoms with van der Waals surface area (Å²) in [4.78, 5) is 11.3. The number of anilines is 1. The molecular weight excluding hydrogens is 230 g/mol. The SMILES string of the molecule is COC(=O)c1ccc(NC2CCOC(C)C2)cc1. The van der Waals surface area contributed by atoms with Crippen LogP contribution in [0.25, 0.3) is 0 Å². The molecule has 1 aliphatic heterocycles. The van der Waals surface area contributed by atoms with Crippen molar-refractivity contribution in [3.8, 4) is 0 Å². The van der Waals surface area contributed by atoms with E-state index in [9.17, 15) is 4.79 Å². The van der Waals surface area contributed by atoms with Gasteiger partial charge in [0.15, 0.2) is 0 Å². The molecule has 1 heterocycles. The Bertz CT molecular complexity index is 402. The normalized spacial score (nSPS) is 23.4. The van der Waals surface area contributed by atoms with Gasteiger partial charge in [-0.15, -0.1) is 0 Å². The molecule has 1 aromatic rings. The fourth-order valence-corrected chi connectivity index (χ4v) is 2.19. The predicted molar refractivity (Wildman–Crippen MR) is 69.8 cm³/mol. The number of nitrogens with one attached hydrogen (secondary N) is 1. The number of carbonyl (C=O) groups is 1. The van der Waals surface area contributed by atoms with E-state index in [1.165, 1.54) is 7.11 Å². The van der Waals surface area contributed by atoms with E-state index in [2.05, 4.69) is 17.0 Å². The zero-order chi connectivity index (χ0) is 13.0. The number of hydrogen-bond acceptors (Lipinski definition) is 4. The Morgan fingerprint density at radius 3 is 2.72 bits per heavy atom. The summed E-state index contributed by atoms with van der Waals surface area (Å²) in [6.45, 7) is 2.90. The molecule has 0 aromatic heterocycles. The first-order valence-electron chi connectivity index (χ1n) is 6.25. The molecule has 1 fully saturated rings. The fraction of sp³-hybridized carbons (Fsp3) is 0.500. The Kier molecular flexibility index (Phi) is 4.20. The lowest BCUT2D eigenvalue weighted by atomic mass is 10.0. The van der Waals surface area contributed by atoms with Crippen molar-refractivity contribution in [1.82, 2.24) is 0 Å². The Balaban J connectivity index is 1.95. The summed E-state index contributed by atoms with van der Waals surface area (Å²) in [5.74, 6) is -0.304. The van der Waals surface area contributed by atoms with E-state index in [4.69, 9.17) is 4.74 Å². The number of methoxy groups -OCH3 is 1. The second-order valence-corrected chi connectivity index (χ2v) is 4.62. The van der Waals surface area contributed by atoms with Crippen molar-refractivity contribution in [2.75, 3.05) is 19.0 Å². The summed E-state index contributed by atoms with van der Waals surface area (Å²) < 4.78 is 10.2. The van der Waals surface area contributed by atoms with Gasteiger partial charge in [-0.1, -0.05) is 0 Å². The molecule has 18 heavy (non-hydrogen) atoms. The number of esters is 1. The van der Waals surface area contributed by atoms with Gasteiger partial charge >= 0.3 is 5.97 Å². The summed E-state index contributed by atoms with van der Waals surface area (Å²) in [5, 5.41) is 3.46. The van der Waals surface area contributed by atoms with Crippen LogP contribution in [0.5, 0.6) is 0 Å². The summed E-state index contributed by atoms with van der Waals surface area (Å²) in [6, 6.07) is 7.81. The molecule has 4 heteroatoms. The lowest BCUT2D eigenvalue weighted by molar-refractivity contribution is 0.0232. The third-order valence-corrected chi connectivity index (χ3v) is 3.16. The van der Waals surface area contributed by atoms with Crippen molar-refractivity contribution in [2.45, 2.75) is 31.9 Å². The highest BCUT2D eigenvalue weighted by molar-refractivity contribution is 5.89. The highest BCUT2D eigenvalue weighted by Gasteiger charge is 2.18. The molecule has 0 aliphatic carbocycles. The molecule has 0 radical (unpaired) electrons. The van der Waals surface area contributed by atoms with E-state index in [-0.39, 0.29) is 5.97 Å². The average molecular weight is 249 g/mol. The Hall–Kier alpha value is -1.55. The van der Waals surface area contributed by atoms with Crippen LogP contribution in [0.1, 0.15) is 30.1 Å². The first-order chi connectivity index (χ1) is 8.69. The molecule has 1 aromatic carbocycles. The maximum atomic E-state index is 11.3. The highest BCUT2D eigenvalue weighted by atomic mass is 16.5. The van der Waals surface area contributed by atoms with Crippen molar-refractivity contribution < 1.29 is 14.3 Å². The largest absolute Gasteiger partial charge is 0.465 e. The van der Waals surface area contributed by atoms with Gasteiger partial charge in [0.05, 0.1) is 18.8 Å². The van der Waals surface area contributed by atoms with Gasteiger partial charge in [-0.05, 0) is 44.0 Å². The van der Waals surface area contributed by atoms with Gasteiger partial charge in [0, 0.05) is 18.3 Å². The molecule has 98 valence electrons. The number of carbonyl (C=O) groups excluding carboxylic acids is 1. The standard InChI is InChI=1S/C14H19NO3/c1-10-9-13(7-8-18-10)15-12-5-3-11(4-6-12)14(16)17-2/h3-6,10,13,15H,7-9H2,1-2H3. The van der Waals surface area contributed by atoms with Crippen molar-refractivity contribution >= 4 is 11.7 Å². The Morgan fingerprint density at radius 2 is 2.11 bits per heavy atom. The van der Waals surface area contributed by atoms with Crippen LogP contribution in [-0.4, -0.2) is 31.8 Å². The maximum Gasteiger partial charge on any atom is 0.337 e. The van der Waals surface area contributed by atoms with Crippen LogP contribution < -0.4 is 5.32 Å². The number of hydrogen-bond donors (Lipinski definition) is 1. The molecule has 2 unspecified atom stereocenters. The Labute approximate surface area is 107 Å². The smallest absolute Gasteiger partial charge is 0.337 e. The second kappa shape index (κ2) is 5.87. The van der Waals surface area contributed by atoms with Gasteiger partial charge in [-0.25, -0.2) is 4.79 Å². The first kappa shape index (κ1) is 12.9. The Morgan fingerprint density at radius 1 is 1.39 bits per heavy atom. The van der Waals surface area contributed by atoms with E-state index >= 15 is 0 Å². The van der Waals surface area contributed by atoms with E-state index in [0.717, 1.165) is 25.1 Å². The molecule has 2 atom stereocenters. The maximum absolute atomic E-state index is 11.3. The van der Waals surface area contributed by atoms with Gasteiger partial charge in [-0.3, -0.25) is 0 Å². The van der Waals surface area contributed by atoms with Gasteiger partial charge in [0.2, 0.25) is 0 Å². The van der Waals surface area contributed by atoms with Crippen LogP contribution in [0.2, 0.25) is 0 Å². The van der Waals surface area contributed by atoms with Crippen LogP contribution in [0.3, 0.4) is 0 Å². The zero-order valence-electron chi connectivity index (χ0n) is 10.8. The van der Waals surface area contributed by atoms with E-state index in [1.54, 1.807) is 12.1 Å². The van der Waals surface area contributed by atoms with Gasteiger partial charge in [0.1, 0.15) is 0 Å². The fourth-order valence-electron chi connectivity index (χ4n) is 2.19. The minimum absolute atomic E-state index is 0.304. The number of benzene rings is 1. The average Bonchev–Trinajstić information content (AvgIpc) is 2.39. The summed E-state index contributed by atoms with van der Waals surface area (Å²) in [7, 11) is 1.39. The molecule has 0 saturated carbocycles. The van der Waals surface area contributed by atoms with Crippen molar-refractivity contribution in [3.05, 3.63) is 29.8 Å². The predicted octanol–water partition coefficient (Wildman–Crippen LogP) is 2.45. The minimum atomic E-state index is -0.304. The number of ether oxygens (including phenoxy) is 2. The van der Waals surface area contributed by atoms with Crippen molar-refractivity contribution in [1.29, 1.82) is 0 Å². The van der Waals surface area contributed by atoms with Crippen LogP contribution in [0.15, 0.2) is 24.3 Å². The molecule has 1 aliphatic rings. The molecule has 4 nitrogen and oxygen atoms in total. The summed E-state index contributed by atoms with van der Waals surface area (Å²) in [6.07, 6.45) is 2.34. The van der Waals surface area contributed by atoms with Crippen LogP contribution in [0.4, 0.5) is 5.69 Å². The molecule has 0 bridgehead atoms. The molecule has 1 N–H and O–H groups in total. The van der Waals surface area contributed by atoms with E-state index in [0.29, 0.717) is 17.7 Å². The summed E-state index contributed by atoms with van der Waals surface area (Å²) in [5.41, 5.74) is 1.60. The van der Waals surface area contributed by atoms with Crippen molar-refractivity contribution in [2.24, 2.45) is 0 Å². The van der Waals surface area contributed by atoms with Crippen LogP contribution >= 0.6 is 0 Å². The van der Waals surface area contributed by atoms with E-state index < -0.39 is 0 Å². The topological polar surface area (TPSA) is 47.6 Å². The molecule has 0 amide bonds. The monoisotopic (exact) mass is 249 g/mol. The summed E-state index contributed by atoms with van der Waals surface area (Å²) >= 11 is 0. The quantitative estimate of drug-likeness (QED) is 0.836. The van der Waals surface area contributed by atoms with Crippen LogP contribution in [0, 0.1) is 0 Å². The van der Waals surface area contributed by atoms with Gasteiger partial charge in [0.25, 0.3) is 0 Å². The van der Waals surface area contributed by atoms with Crippen molar-refractivity contribution in [3.63, 3.8) is 0 Å². The zero-order valence-corrected chi connectivity index (χ0v) is 10.8. The van der Waals surface area contributed by atoms with E-state index in [1.807, 2.05) is 12.1 Å². The third-order valence-electron chi connectivity index (χ3n) is 3.16. The molecular formula is C14H19NO3.